The standard InChI is InChI=1S/C17H18O4/c1-19-15-5-3-4-13(17(15)20-2)16(18)12-6-7-14-11(10-12)8-9-21-14/h3-7,10,16,18H,8-9H2,1-2H3. The molecule has 0 radical (unpaired) electrons. The van der Waals surface area contributed by atoms with Crippen LogP contribution in [0.25, 0.3) is 0 Å². The van der Waals surface area contributed by atoms with E-state index >= 15 is 0 Å². The number of hydrogen-bond acceptors (Lipinski definition) is 4. The van der Waals surface area contributed by atoms with Gasteiger partial charge in [0.15, 0.2) is 11.5 Å². The molecule has 2 aromatic rings. The fraction of sp³-hybridized carbons (Fsp3) is 0.294. The summed E-state index contributed by atoms with van der Waals surface area (Å²) >= 11 is 0. The molecule has 0 fully saturated rings. The molecule has 3 rings (SSSR count). The van der Waals surface area contributed by atoms with Gasteiger partial charge in [0, 0.05) is 12.0 Å². The molecule has 0 saturated heterocycles. The molecule has 1 aliphatic heterocycles. The summed E-state index contributed by atoms with van der Waals surface area (Å²) in [7, 11) is 3.16. The van der Waals surface area contributed by atoms with Gasteiger partial charge in [-0.05, 0) is 29.3 Å². The highest BCUT2D eigenvalue weighted by Gasteiger charge is 2.21. The Bertz CT molecular complexity index is 651. The zero-order valence-corrected chi connectivity index (χ0v) is 12.1. The van der Waals surface area contributed by atoms with Crippen molar-refractivity contribution in [1.82, 2.24) is 0 Å². The Morgan fingerprint density at radius 1 is 1.14 bits per heavy atom. The van der Waals surface area contributed by atoms with Crippen LogP contribution in [0.5, 0.6) is 17.2 Å². The van der Waals surface area contributed by atoms with Gasteiger partial charge in [-0.15, -0.1) is 0 Å². The molecule has 1 aliphatic rings. The topological polar surface area (TPSA) is 47.9 Å². The van der Waals surface area contributed by atoms with Gasteiger partial charge in [-0.25, -0.2) is 0 Å². The van der Waals surface area contributed by atoms with E-state index in [1.165, 1.54) is 0 Å². The molecule has 0 bridgehead atoms. The van der Waals surface area contributed by atoms with Crippen molar-refractivity contribution in [3.8, 4) is 17.2 Å². The lowest BCUT2D eigenvalue weighted by Gasteiger charge is -2.17. The Balaban J connectivity index is 2.00. The molecule has 0 saturated carbocycles. The normalized spacial score (nSPS) is 14.2. The highest BCUT2D eigenvalue weighted by Crippen LogP contribution is 2.38. The largest absolute Gasteiger partial charge is 0.493 e. The van der Waals surface area contributed by atoms with Crippen molar-refractivity contribution in [1.29, 1.82) is 0 Å². The van der Waals surface area contributed by atoms with Crippen LogP contribution >= 0.6 is 0 Å². The molecule has 0 aliphatic carbocycles. The third kappa shape index (κ3) is 2.43. The zero-order valence-electron chi connectivity index (χ0n) is 12.1. The smallest absolute Gasteiger partial charge is 0.166 e. The summed E-state index contributed by atoms with van der Waals surface area (Å²) in [5.41, 5.74) is 2.65. The van der Waals surface area contributed by atoms with Crippen molar-refractivity contribution in [2.24, 2.45) is 0 Å². The molecule has 4 heteroatoms. The molecule has 0 amide bonds. The molecular formula is C17H18O4. The van der Waals surface area contributed by atoms with Crippen LogP contribution in [0.15, 0.2) is 36.4 Å². The third-order valence-corrected chi connectivity index (χ3v) is 3.76. The molecule has 0 aromatic heterocycles. The number of ether oxygens (including phenoxy) is 3. The summed E-state index contributed by atoms with van der Waals surface area (Å²) in [6, 6.07) is 11.3. The maximum Gasteiger partial charge on any atom is 0.166 e. The first kappa shape index (κ1) is 13.8. The Hall–Kier alpha value is -2.20. The third-order valence-electron chi connectivity index (χ3n) is 3.76. The summed E-state index contributed by atoms with van der Waals surface area (Å²) in [5.74, 6) is 2.08. The molecule has 1 N–H and O–H groups in total. The van der Waals surface area contributed by atoms with Gasteiger partial charge in [0.25, 0.3) is 0 Å². The molecule has 21 heavy (non-hydrogen) atoms. The van der Waals surface area contributed by atoms with Gasteiger partial charge in [0.2, 0.25) is 0 Å². The van der Waals surface area contributed by atoms with Crippen LogP contribution in [0.1, 0.15) is 22.8 Å². The number of aliphatic hydroxyl groups excluding tert-OH is 1. The predicted octanol–water partition coefficient (Wildman–Crippen LogP) is 2.72. The number of benzene rings is 2. The summed E-state index contributed by atoms with van der Waals surface area (Å²) in [5, 5.41) is 10.7. The molecule has 110 valence electrons. The summed E-state index contributed by atoms with van der Waals surface area (Å²) < 4.78 is 16.2. The van der Waals surface area contributed by atoms with E-state index in [-0.39, 0.29) is 0 Å². The van der Waals surface area contributed by atoms with Crippen LogP contribution in [-0.2, 0) is 6.42 Å². The molecule has 1 atom stereocenters. The molecule has 1 unspecified atom stereocenters. The predicted molar refractivity (Wildman–Crippen MR) is 79.2 cm³/mol. The second kappa shape index (κ2) is 5.66. The molecule has 1 heterocycles. The number of methoxy groups -OCH3 is 2. The second-order valence-corrected chi connectivity index (χ2v) is 4.95. The number of hydrogen-bond donors (Lipinski definition) is 1. The first-order valence-electron chi connectivity index (χ1n) is 6.89. The minimum atomic E-state index is -0.763. The van der Waals surface area contributed by atoms with Crippen molar-refractivity contribution < 1.29 is 19.3 Å². The van der Waals surface area contributed by atoms with E-state index in [9.17, 15) is 5.11 Å². The van der Waals surface area contributed by atoms with E-state index in [1.807, 2.05) is 36.4 Å². The number of para-hydroxylation sites is 1. The van der Waals surface area contributed by atoms with Crippen LogP contribution in [0.4, 0.5) is 0 Å². The van der Waals surface area contributed by atoms with Crippen molar-refractivity contribution in [3.05, 3.63) is 53.1 Å². The first-order chi connectivity index (χ1) is 10.2. The SMILES string of the molecule is COc1cccc(C(O)c2ccc3c(c2)CCO3)c1OC. The lowest BCUT2D eigenvalue weighted by molar-refractivity contribution is 0.213. The van der Waals surface area contributed by atoms with Crippen LogP contribution in [0.2, 0.25) is 0 Å². The maximum atomic E-state index is 10.7. The lowest BCUT2D eigenvalue weighted by atomic mass is 9.98. The summed E-state index contributed by atoms with van der Waals surface area (Å²) in [4.78, 5) is 0. The Morgan fingerprint density at radius 2 is 2.00 bits per heavy atom. The van der Waals surface area contributed by atoms with E-state index in [2.05, 4.69) is 0 Å². The average Bonchev–Trinajstić information content (AvgIpc) is 3.00. The van der Waals surface area contributed by atoms with Gasteiger partial charge in [-0.1, -0.05) is 18.2 Å². The average molecular weight is 286 g/mol. The minimum absolute atomic E-state index is 0.559. The van der Waals surface area contributed by atoms with E-state index in [1.54, 1.807) is 14.2 Å². The van der Waals surface area contributed by atoms with E-state index in [0.29, 0.717) is 23.7 Å². The number of aliphatic hydroxyl groups is 1. The quantitative estimate of drug-likeness (QED) is 0.939. The number of rotatable bonds is 4. The Labute approximate surface area is 123 Å². The van der Waals surface area contributed by atoms with Crippen LogP contribution in [-0.4, -0.2) is 25.9 Å². The van der Waals surface area contributed by atoms with Crippen LogP contribution < -0.4 is 14.2 Å². The maximum absolute atomic E-state index is 10.7. The van der Waals surface area contributed by atoms with E-state index < -0.39 is 6.10 Å². The van der Waals surface area contributed by atoms with E-state index in [4.69, 9.17) is 14.2 Å². The van der Waals surface area contributed by atoms with Gasteiger partial charge in [0.1, 0.15) is 11.9 Å². The summed E-state index contributed by atoms with van der Waals surface area (Å²) in [6.07, 6.45) is 0.117. The highest BCUT2D eigenvalue weighted by molar-refractivity contribution is 5.51. The minimum Gasteiger partial charge on any atom is -0.493 e. The monoisotopic (exact) mass is 286 g/mol. The second-order valence-electron chi connectivity index (χ2n) is 4.95. The first-order valence-corrected chi connectivity index (χ1v) is 6.89. The van der Waals surface area contributed by atoms with Crippen molar-refractivity contribution in [2.75, 3.05) is 20.8 Å². The summed E-state index contributed by atoms with van der Waals surface area (Å²) in [6.45, 7) is 0.706. The number of fused-ring (bicyclic) bond motifs is 1. The van der Waals surface area contributed by atoms with Crippen molar-refractivity contribution >= 4 is 0 Å². The van der Waals surface area contributed by atoms with E-state index in [0.717, 1.165) is 23.3 Å². The molecule has 0 spiro atoms. The van der Waals surface area contributed by atoms with Crippen LogP contribution in [0.3, 0.4) is 0 Å². The van der Waals surface area contributed by atoms with Crippen LogP contribution in [0, 0.1) is 0 Å². The van der Waals surface area contributed by atoms with Crippen molar-refractivity contribution in [2.45, 2.75) is 12.5 Å². The fourth-order valence-corrected chi connectivity index (χ4v) is 2.68. The van der Waals surface area contributed by atoms with Gasteiger partial charge < -0.3 is 19.3 Å². The molecule has 2 aromatic carbocycles. The zero-order chi connectivity index (χ0) is 14.8. The van der Waals surface area contributed by atoms with Gasteiger partial charge in [0.05, 0.1) is 20.8 Å². The highest BCUT2D eigenvalue weighted by atomic mass is 16.5. The lowest BCUT2D eigenvalue weighted by Crippen LogP contribution is -2.04. The van der Waals surface area contributed by atoms with Gasteiger partial charge >= 0.3 is 0 Å². The van der Waals surface area contributed by atoms with Gasteiger partial charge in [-0.3, -0.25) is 0 Å². The Morgan fingerprint density at radius 3 is 2.76 bits per heavy atom. The van der Waals surface area contributed by atoms with Gasteiger partial charge in [-0.2, -0.15) is 0 Å². The van der Waals surface area contributed by atoms with Crippen molar-refractivity contribution in [3.63, 3.8) is 0 Å². The molecule has 4 nitrogen and oxygen atoms in total. The fourth-order valence-electron chi connectivity index (χ4n) is 2.68. The Kier molecular flexibility index (Phi) is 3.71. The molecular weight excluding hydrogens is 268 g/mol.